The smallest absolute Gasteiger partial charge is 0.319 e. The molecule has 58 heavy (non-hydrogen) atoms. The van der Waals surface area contributed by atoms with Crippen LogP contribution >= 0.6 is 0 Å². The first-order valence-electron chi connectivity index (χ1n) is 20.4. The summed E-state index contributed by atoms with van der Waals surface area (Å²) >= 11 is 0. The molecule has 2 aromatic carbocycles. The lowest BCUT2D eigenvalue weighted by atomic mass is 9.74. The van der Waals surface area contributed by atoms with Gasteiger partial charge in [-0.1, -0.05) is 32.3 Å². The van der Waals surface area contributed by atoms with Crippen molar-refractivity contribution in [2.45, 2.75) is 83.4 Å². The van der Waals surface area contributed by atoms with Gasteiger partial charge in [-0.3, -0.25) is 9.69 Å². The fraction of sp³-hybridized carbons (Fsp3) is 0.545. The van der Waals surface area contributed by atoms with Gasteiger partial charge in [-0.25, -0.2) is 13.8 Å². The molecule has 0 spiro atoms. The lowest BCUT2D eigenvalue weighted by molar-refractivity contribution is -0.136. The van der Waals surface area contributed by atoms with Gasteiger partial charge in [0.25, 0.3) is 0 Å². The number of aromatic hydroxyl groups is 1. The summed E-state index contributed by atoms with van der Waals surface area (Å²) in [5, 5.41) is 22.7. The maximum absolute atomic E-state index is 17.4. The van der Waals surface area contributed by atoms with Gasteiger partial charge in [0.15, 0.2) is 5.82 Å². The van der Waals surface area contributed by atoms with Gasteiger partial charge in [0.1, 0.15) is 39.6 Å². The number of benzene rings is 2. The molecule has 0 bridgehead atoms. The number of hydrogen-bond acceptors (Lipinski definition) is 11. The van der Waals surface area contributed by atoms with Crippen molar-refractivity contribution in [1.29, 1.82) is 0 Å². The molecule has 3 saturated heterocycles. The van der Waals surface area contributed by atoms with Crippen LogP contribution in [-0.2, 0) is 9.53 Å². The molecule has 2 aromatic heterocycles. The van der Waals surface area contributed by atoms with E-state index in [0.717, 1.165) is 64.6 Å². The molecule has 4 fully saturated rings. The Bertz CT molecular complexity index is 2270. The van der Waals surface area contributed by atoms with Gasteiger partial charge in [0.2, 0.25) is 11.8 Å². The topological polar surface area (TPSA) is 134 Å². The number of aromatic nitrogens is 3. The number of rotatable bonds is 8. The third-order valence-corrected chi connectivity index (χ3v) is 12.7. The van der Waals surface area contributed by atoms with Crippen molar-refractivity contribution in [2.75, 3.05) is 64.6 Å². The largest absolute Gasteiger partial charge is 0.508 e. The molecule has 1 unspecified atom stereocenters. The highest BCUT2D eigenvalue weighted by Crippen LogP contribution is 2.50. The summed E-state index contributed by atoms with van der Waals surface area (Å²) in [5.74, 6) is 1.07. The van der Waals surface area contributed by atoms with Crippen LogP contribution in [0.15, 0.2) is 24.3 Å². The lowest BCUT2D eigenvalue weighted by Crippen LogP contribution is -2.58. The minimum atomic E-state index is -1.26. The Kier molecular flexibility index (Phi) is 10.8. The summed E-state index contributed by atoms with van der Waals surface area (Å²) in [6, 6.07) is 6.00. The second-order valence-electron chi connectivity index (χ2n) is 17.1. The van der Waals surface area contributed by atoms with Gasteiger partial charge < -0.3 is 34.2 Å². The van der Waals surface area contributed by atoms with Crippen molar-refractivity contribution in [3.05, 3.63) is 41.5 Å². The molecule has 308 valence electrons. The molecule has 8 rings (SSSR count). The van der Waals surface area contributed by atoms with Crippen molar-refractivity contribution >= 4 is 33.4 Å². The number of methoxy groups -OCH3 is 1. The second-order valence-corrected chi connectivity index (χ2v) is 17.1. The molecule has 12 nitrogen and oxygen atoms in total. The number of aliphatic hydroxyl groups is 1. The van der Waals surface area contributed by atoms with Gasteiger partial charge in [-0.15, -0.1) is 6.42 Å². The maximum Gasteiger partial charge on any atom is 0.319 e. The number of pyridine rings is 1. The van der Waals surface area contributed by atoms with Gasteiger partial charge >= 0.3 is 6.01 Å². The van der Waals surface area contributed by atoms with Crippen LogP contribution in [0.1, 0.15) is 71.3 Å². The fourth-order valence-electron chi connectivity index (χ4n) is 10.0. The van der Waals surface area contributed by atoms with E-state index in [9.17, 15) is 15.0 Å². The summed E-state index contributed by atoms with van der Waals surface area (Å²) in [6.45, 7) is 9.21. The highest BCUT2D eigenvalue weighted by atomic mass is 19.1. The Balaban J connectivity index is 1.20. The first-order chi connectivity index (χ1) is 27.8. The normalized spacial score (nSPS) is 24.6. The van der Waals surface area contributed by atoms with Crippen LogP contribution in [0.4, 0.5) is 14.6 Å². The SMILES string of the molecule is C#Cc1c(F)ccc2cc(O)cc(-c3nc(OC)c4c(N5CCOC[C@@](C)(O)C5)nc(OC[C@]56CCCC5N(C5CCN(C(=O)C(C)C)CC5)CCC6)nc4c3F)c12. The van der Waals surface area contributed by atoms with Crippen LogP contribution in [0.2, 0.25) is 0 Å². The third kappa shape index (κ3) is 7.26. The number of nitrogens with zero attached hydrogens (tertiary/aromatic N) is 6. The average molecular weight is 799 g/mol. The molecule has 14 heteroatoms. The van der Waals surface area contributed by atoms with E-state index in [-0.39, 0.29) is 99.6 Å². The van der Waals surface area contributed by atoms with E-state index < -0.39 is 17.2 Å². The van der Waals surface area contributed by atoms with E-state index >= 15 is 8.78 Å². The summed E-state index contributed by atoms with van der Waals surface area (Å²) in [4.78, 5) is 33.4. The number of anilines is 1. The maximum atomic E-state index is 17.4. The van der Waals surface area contributed by atoms with Crippen molar-refractivity contribution in [2.24, 2.45) is 11.3 Å². The quantitative estimate of drug-likeness (QED) is 0.202. The van der Waals surface area contributed by atoms with Gasteiger partial charge in [0.05, 0.1) is 39.0 Å². The van der Waals surface area contributed by atoms with Crippen molar-refractivity contribution in [1.82, 2.24) is 24.8 Å². The predicted octanol–water partition coefficient (Wildman–Crippen LogP) is 6.07. The molecule has 1 aliphatic carbocycles. The number of piperidine rings is 2. The first kappa shape index (κ1) is 40.0. The van der Waals surface area contributed by atoms with Crippen LogP contribution in [0.3, 0.4) is 0 Å². The molecule has 4 aromatic rings. The zero-order valence-electron chi connectivity index (χ0n) is 33.7. The molecule has 1 saturated carbocycles. The van der Waals surface area contributed by atoms with Crippen LogP contribution in [0.25, 0.3) is 32.9 Å². The monoisotopic (exact) mass is 798 g/mol. The van der Waals surface area contributed by atoms with Crippen LogP contribution in [0, 0.1) is 35.3 Å². The summed E-state index contributed by atoms with van der Waals surface area (Å²) in [7, 11) is 1.40. The molecule has 3 aliphatic heterocycles. The minimum Gasteiger partial charge on any atom is -0.508 e. The molecule has 5 heterocycles. The molecular formula is C44H52F2N6O6. The number of terminal acetylenes is 1. The molecule has 3 atom stereocenters. The standard InChI is InChI=1S/C44H52F2N6O6/c1-6-30-32(45)11-10-27-21-29(53)22-31(34(27)30)37-36(46)38-35(40(47-37)56-5)39(51-19-20-57-24-43(4,55)23-51)49-42(48-38)58-25-44-14-7-9-33(44)52(16-8-15-44)28-12-17-50(18-13-28)41(54)26(2)3/h1,10-11,21-22,26,28,33,53,55H,7-9,12-20,23-25H2,2-5H3/t33?,43-,44+/m0/s1. The van der Waals surface area contributed by atoms with Crippen molar-refractivity contribution < 1.29 is 38.0 Å². The van der Waals surface area contributed by atoms with E-state index in [4.69, 9.17) is 30.6 Å². The first-order valence-corrected chi connectivity index (χ1v) is 20.4. The Hall–Kier alpha value is -4.84. The third-order valence-electron chi connectivity index (χ3n) is 12.7. The Labute approximate surface area is 337 Å². The zero-order valence-corrected chi connectivity index (χ0v) is 33.7. The summed E-state index contributed by atoms with van der Waals surface area (Å²) in [5.41, 5.74) is -1.89. The van der Waals surface area contributed by atoms with Gasteiger partial charge in [0, 0.05) is 54.0 Å². The number of likely N-dealkylation sites (tertiary alicyclic amines) is 2. The van der Waals surface area contributed by atoms with Crippen molar-refractivity contribution in [3.8, 4) is 41.2 Å². The summed E-state index contributed by atoms with van der Waals surface area (Å²) < 4.78 is 50.7. The molecule has 1 amide bonds. The molecular weight excluding hydrogens is 747 g/mol. The number of phenolic OH excluding ortho intramolecular Hbond substituents is 1. The average Bonchev–Trinajstić information content (AvgIpc) is 3.56. The van der Waals surface area contributed by atoms with Gasteiger partial charge in [-0.2, -0.15) is 9.97 Å². The molecule has 2 N–H and O–H groups in total. The zero-order chi connectivity index (χ0) is 40.9. The Morgan fingerprint density at radius 1 is 1.07 bits per heavy atom. The van der Waals surface area contributed by atoms with E-state index in [0.29, 0.717) is 24.6 Å². The van der Waals surface area contributed by atoms with E-state index in [1.54, 1.807) is 11.8 Å². The van der Waals surface area contributed by atoms with Crippen LogP contribution < -0.4 is 14.4 Å². The number of carbonyl (C=O) groups is 1. The number of β-amino-alcohol motifs (C(OH)–C–C–N with tert-alkyl or cyclic N) is 1. The number of hydrogen-bond donors (Lipinski definition) is 2. The van der Waals surface area contributed by atoms with Crippen LogP contribution in [-0.4, -0.2) is 118 Å². The fourth-order valence-corrected chi connectivity index (χ4v) is 10.0. The number of ether oxygens (including phenoxy) is 3. The molecule has 0 radical (unpaired) electrons. The van der Waals surface area contributed by atoms with Crippen LogP contribution in [0.5, 0.6) is 17.6 Å². The second kappa shape index (κ2) is 15.7. The predicted molar refractivity (Wildman–Crippen MR) is 216 cm³/mol. The highest BCUT2D eigenvalue weighted by molar-refractivity contribution is 6.04. The number of phenols is 1. The number of carbonyl (C=O) groups excluding carboxylic acids is 1. The van der Waals surface area contributed by atoms with E-state index in [2.05, 4.69) is 15.8 Å². The Morgan fingerprint density at radius 2 is 1.84 bits per heavy atom. The highest BCUT2D eigenvalue weighted by Gasteiger charge is 2.50. The number of fused-ring (bicyclic) bond motifs is 3. The van der Waals surface area contributed by atoms with E-state index in [1.165, 1.54) is 31.4 Å². The minimum absolute atomic E-state index is 0.0141. The number of amides is 1. The van der Waals surface area contributed by atoms with Gasteiger partial charge in [-0.05, 0) is 75.6 Å². The van der Waals surface area contributed by atoms with Crippen molar-refractivity contribution in [3.63, 3.8) is 0 Å². The Morgan fingerprint density at radius 3 is 2.59 bits per heavy atom. The number of halogens is 2. The molecule has 4 aliphatic rings. The summed E-state index contributed by atoms with van der Waals surface area (Å²) in [6.07, 6.45) is 12.7. The lowest BCUT2D eigenvalue weighted by Gasteiger charge is -2.51. The van der Waals surface area contributed by atoms with E-state index in [1.807, 2.05) is 18.7 Å².